The van der Waals surface area contributed by atoms with Gasteiger partial charge in [-0.1, -0.05) is 6.07 Å². The molecule has 0 aromatic heterocycles. The summed E-state index contributed by atoms with van der Waals surface area (Å²) in [5.74, 6) is -3.85. The molecule has 2 aromatic rings. The van der Waals surface area contributed by atoms with Crippen LogP contribution < -0.4 is 0 Å². The van der Waals surface area contributed by atoms with Gasteiger partial charge in [-0.25, -0.2) is 14.4 Å². The third kappa shape index (κ3) is 1.97. The van der Waals surface area contributed by atoms with E-state index in [-0.39, 0.29) is 27.5 Å². The SMILES string of the molecule is Cc1ccc(C(=O)O)c2c(C(=O)O)ccc(C(=O)O)c12. The Bertz CT molecular complexity index is 740. The topological polar surface area (TPSA) is 112 Å². The molecular formula is C14H10O6. The Morgan fingerprint density at radius 3 is 1.45 bits per heavy atom. The van der Waals surface area contributed by atoms with Gasteiger partial charge in [-0.3, -0.25) is 0 Å². The number of hydrogen-bond donors (Lipinski definition) is 3. The number of aromatic carboxylic acids is 3. The highest BCUT2D eigenvalue weighted by atomic mass is 16.4. The largest absolute Gasteiger partial charge is 0.478 e. The van der Waals surface area contributed by atoms with Crippen molar-refractivity contribution < 1.29 is 29.7 Å². The lowest BCUT2D eigenvalue weighted by atomic mass is 9.92. The van der Waals surface area contributed by atoms with Crippen LogP contribution in [-0.2, 0) is 0 Å². The molecule has 0 atom stereocenters. The quantitative estimate of drug-likeness (QED) is 0.791. The lowest BCUT2D eigenvalue weighted by molar-refractivity contribution is 0.0681. The molecule has 0 aliphatic heterocycles. The van der Waals surface area contributed by atoms with E-state index >= 15 is 0 Å². The van der Waals surface area contributed by atoms with E-state index in [1.807, 2.05) is 0 Å². The van der Waals surface area contributed by atoms with Gasteiger partial charge in [0.2, 0.25) is 0 Å². The van der Waals surface area contributed by atoms with Crippen molar-refractivity contribution in [1.82, 2.24) is 0 Å². The molecule has 0 fully saturated rings. The molecule has 0 amide bonds. The second-order valence-electron chi connectivity index (χ2n) is 4.26. The van der Waals surface area contributed by atoms with E-state index in [4.69, 9.17) is 10.2 Å². The van der Waals surface area contributed by atoms with Gasteiger partial charge in [0.15, 0.2) is 0 Å². The highest BCUT2D eigenvalue weighted by Gasteiger charge is 2.21. The highest BCUT2D eigenvalue weighted by molar-refractivity contribution is 6.17. The Labute approximate surface area is 112 Å². The van der Waals surface area contributed by atoms with Gasteiger partial charge in [0.1, 0.15) is 0 Å². The zero-order chi connectivity index (χ0) is 15.0. The lowest BCUT2D eigenvalue weighted by Gasteiger charge is -2.11. The van der Waals surface area contributed by atoms with E-state index in [2.05, 4.69) is 0 Å². The van der Waals surface area contributed by atoms with Crippen LogP contribution in [0, 0.1) is 6.92 Å². The molecule has 102 valence electrons. The summed E-state index contributed by atoms with van der Waals surface area (Å²) in [5, 5.41) is 27.6. The van der Waals surface area contributed by atoms with Crippen molar-refractivity contribution in [3.05, 3.63) is 46.5 Å². The molecule has 0 spiro atoms. The number of rotatable bonds is 3. The van der Waals surface area contributed by atoms with Crippen molar-refractivity contribution in [2.24, 2.45) is 0 Å². The van der Waals surface area contributed by atoms with Gasteiger partial charge >= 0.3 is 17.9 Å². The zero-order valence-electron chi connectivity index (χ0n) is 10.4. The fourth-order valence-electron chi connectivity index (χ4n) is 2.20. The first-order valence-corrected chi connectivity index (χ1v) is 5.60. The third-order valence-corrected chi connectivity index (χ3v) is 3.06. The van der Waals surface area contributed by atoms with E-state index in [1.54, 1.807) is 6.92 Å². The second kappa shape index (κ2) is 4.65. The maximum absolute atomic E-state index is 11.2. The summed E-state index contributed by atoms with van der Waals surface area (Å²) in [7, 11) is 0. The maximum atomic E-state index is 11.2. The van der Waals surface area contributed by atoms with Crippen LogP contribution >= 0.6 is 0 Å². The number of carbonyl (C=O) groups is 3. The normalized spacial score (nSPS) is 10.4. The number of aryl methyl sites for hydroxylation is 1. The van der Waals surface area contributed by atoms with Gasteiger partial charge < -0.3 is 15.3 Å². The average Bonchev–Trinajstić information content (AvgIpc) is 2.37. The summed E-state index contributed by atoms with van der Waals surface area (Å²) < 4.78 is 0. The number of carboxylic acid groups (broad SMARTS) is 3. The van der Waals surface area contributed by atoms with Crippen molar-refractivity contribution in [3.8, 4) is 0 Å². The number of fused-ring (bicyclic) bond motifs is 1. The first kappa shape index (κ1) is 13.5. The van der Waals surface area contributed by atoms with Crippen LogP contribution in [0.4, 0.5) is 0 Å². The molecule has 6 nitrogen and oxygen atoms in total. The van der Waals surface area contributed by atoms with Crippen LogP contribution in [0.5, 0.6) is 0 Å². The molecule has 0 radical (unpaired) electrons. The summed E-state index contributed by atoms with van der Waals surface area (Å²) in [5.41, 5.74) is -0.0756. The van der Waals surface area contributed by atoms with Gasteiger partial charge in [-0.05, 0) is 30.7 Å². The fraction of sp³-hybridized carbons (Fsp3) is 0.0714. The monoisotopic (exact) mass is 274 g/mol. The van der Waals surface area contributed by atoms with Crippen molar-refractivity contribution in [3.63, 3.8) is 0 Å². The van der Waals surface area contributed by atoms with Gasteiger partial charge in [0.05, 0.1) is 16.7 Å². The van der Waals surface area contributed by atoms with Crippen LogP contribution in [0.2, 0.25) is 0 Å². The van der Waals surface area contributed by atoms with E-state index in [9.17, 15) is 19.5 Å². The summed E-state index contributed by atoms with van der Waals surface area (Å²) in [4.78, 5) is 33.7. The molecular weight excluding hydrogens is 264 g/mol. The smallest absolute Gasteiger partial charge is 0.336 e. The Balaban J connectivity index is 3.10. The van der Waals surface area contributed by atoms with E-state index < -0.39 is 17.9 Å². The number of benzene rings is 2. The molecule has 20 heavy (non-hydrogen) atoms. The van der Waals surface area contributed by atoms with Crippen LogP contribution in [0.25, 0.3) is 10.8 Å². The Hall–Kier alpha value is -2.89. The molecule has 0 unspecified atom stereocenters. The molecule has 2 aromatic carbocycles. The molecule has 0 aliphatic rings. The van der Waals surface area contributed by atoms with Crippen molar-refractivity contribution in [2.75, 3.05) is 0 Å². The van der Waals surface area contributed by atoms with Crippen LogP contribution in [0.3, 0.4) is 0 Å². The van der Waals surface area contributed by atoms with Crippen molar-refractivity contribution >= 4 is 28.7 Å². The average molecular weight is 274 g/mol. The predicted molar refractivity (Wildman–Crippen MR) is 69.6 cm³/mol. The van der Waals surface area contributed by atoms with Crippen LogP contribution in [0.15, 0.2) is 24.3 Å². The maximum Gasteiger partial charge on any atom is 0.336 e. The summed E-state index contributed by atoms with van der Waals surface area (Å²) in [6.07, 6.45) is 0. The van der Waals surface area contributed by atoms with E-state index in [0.29, 0.717) is 5.56 Å². The van der Waals surface area contributed by atoms with Crippen LogP contribution in [-0.4, -0.2) is 33.2 Å². The summed E-state index contributed by atoms with van der Waals surface area (Å²) in [6, 6.07) is 5.02. The van der Waals surface area contributed by atoms with Crippen molar-refractivity contribution in [2.45, 2.75) is 6.92 Å². The Kier molecular flexibility index (Phi) is 3.15. The fourth-order valence-corrected chi connectivity index (χ4v) is 2.20. The highest BCUT2D eigenvalue weighted by Crippen LogP contribution is 2.29. The minimum atomic E-state index is -1.31. The van der Waals surface area contributed by atoms with Gasteiger partial charge in [-0.2, -0.15) is 0 Å². The molecule has 2 rings (SSSR count). The van der Waals surface area contributed by atoms with E-state index in [0.717, 1.165) is 6.07 Å². The molecule has 0 saturated heterocycles. The molecule has 3 N–H and O–H groups in total. The van der Waals surface area contributed by atoms with E-state index in [1.165, 1.54) is 18.2 Å². The third-order valence-electron chi connectivity index (χ3n) is 3.06. The van der Waals surface area contributed by atoms with Crippen molar-refractivity contribution in [1.29, 1.82) is 0 Å². The summed E-state index contributed by atoms with van der Waals surface area (Å²) in [6.45, 7) is 1.60. The Morgan fingerprint density at radius 1 is 0.700 bits per heavy atom. The van der Waals surface area contributed by atoms with Gasteiger partial charge in [0, 0.05) is 10.8 Å². The predicted octanol–water partition coefficient (Wildman–Crippen LogP) is 2.24. The Morgan fingerprint density at radius 2 is 1.05 bits per heavy atom. The van der Waals surface area contributed by atoms with Crippen LogP contribution in [0.1, 0.15) is 36.6 Å². The first-order chi connectivity index (χ1) is 9.34. The van der Waals surface area contributed by atoms with Gasteiger partial charge in [0.25, 0.3) is 0 Å². The minimum absolute atomic E-state index is 0.0649. The number of hydrogen-bond acceptors (Lipinski definition) is 3. The molecule has 0 heterocycles. The minimum Gasteiger partial charge on any atom is -0.478 e. The molecule has 0 saturated carbocycles. The molecule has 0 aliphatic carbocycles. The summed E-state index contributed by atoms with van der Waals surface area (Å²) >= 11 is 0. The second-order valence-corrected chi connectivity index (χ2v) is 4.26. The van der Waals surface area contributed by atoms with Gasteiger partial charge in [-0.15, -0.1) is 0 Å². The lowest BCUT2D eigenvalue weighted by Crippen LogP contribution is -2.08. The molecule has 6 heteroatoms. The number of carboxylic acids is 3. The first-order valence-electron chi connectivity index (χ1n) is 5.60. The molecule has 0 bridgehead atoms. The zero-order valence-corrected chi connectivity index (χ0v) is 10.4. The standard InChI is InChI=1S/C14H10O6/c1-6-2-3-8(13(17)18)11-9(14(19)20)5-4-7(10(6)11)12(15)16/h2-5H,1H3,(H,15,16)(H,17,18)(H,19,20).